The lowest BCUT2D eigenvalue weighted by Crippen LogP contribution is -2.38. The fourth-order valence-corrected chi connectivity index (χ4v) is 4.69. The number of benzene rings is 1. The van der Waals surface area contributed by atoms with E-state index in [1.807, 2.05) is 31.2 Å². The van der Waals surface area contributed by atoms with Gasteiger partial charge >= 0.3 is 0 Å². The molecule has 0 radical (unpaired) electrons. The first kappa shape index (κ1) is 13.5. The van der Waals surface area contributed by atoms with E-state index in [1.165, 1.54) is 0 Å². The molecule has 0 amide bonds. The fraction of sp³-hybridized carbons (Fsp3) is 0.538. The number of sulfone groups is 1. The van der Waals surface area contributed by atoms with Gasteiger partial charge in [-0.05, 0) is 18.9 Å². The summed E-state index contributed by atoms with van der Waals surface area (Å²) in [5.41, 5.74) is 6.85. The van der Waals surface area contributed by atoms with E-state index in [0.717, 1.165) is 11.1 Å². The Morgan fingerprint density at radius 2 is 2.00 bits per heavy atom. The van der Waals surface area contributed by atoms with E-state index in [4.69, 9.17) is 5.73 Å². The van der Waals surface area contributed by atoms with E-state index in [1.54, 1.807) is 0 Å². The van der Waals surface area contributed by atoms with E-state index < -0.39 is 21.4 Å². The van der Waals surface area contributed by atoms with Crippen LogP contribution in [0.2, 0.25) is 0 Å². The molecule has 1 aliphatic heterocycles. The zero-order valence-corrected chi connectivity index (χ0v) is 11.3. The van der Waals surface area contributed by atoms with Crippen molar-refractivity contribution >= 4 is 9.84 Å². The predicted octanol–water partition coefficient (Wildman–Crippen LogP) is 0.792. The zero-order valence-electron chi connectivity index (χ0n) is 10.5. The Morgan fingerprint density at radius 1 is 1.39 bits per heavy atom. The van der Waals surface area contributed by atoms with Crippen LogP contribution in [0.5, 0.6) is 0 Å². The van der Waals surface area contributed by atoms with Crippen molar-refractivity contribution in [2.45, 2.75) is 19.4 Å². The third-order valence-corrected chi connectivity index (χ3v) is 5.64. The molecule has 2 rings (SSSR count). The molecule has 5 heteroatoms. The first-order chi connectivity index (χ1) is 8.38. The molecule has 18 heavy (non-hydrogen) atoms. The Balaban J connectivity index is 2.31. The summed E-state index contributed by atoms with van der Waals surface area (Å²) in [6.45, 7) is 2.15. The Bertz CT molecular complexity index is 524. The summed E-state index contributed by atoms with van der Waals surface area (Å²) in [6.07, 6.45) is -0.388. The van der Waals surface area contributed by atoms with Gasteiger partial charge in [-0.3, -0.25) is 0 Å². The molecule has 1 aromatic rings. The van der Waals surface area contributed by atoms with Crippen molar-refractivity contribution in [3.8, 4) is 0 Å². The van der Waals surface area contributed by atoms with Crippen LogP contribution in [0.4, 0.5) is 0 Å². The Morgan fingerprint density at radius 3 is 2.44 bits per heavy atom. The average molecular weight is 269 g/mol. The van der Waals surface area contributed by atoms with Gasteiger partial charge in [-0.25, -0.2) is 8.42 Å². The zero-order chi connectivity index (χ0) is 13.4. The van der Waals surface area contributed by atoms with Crippen molar-refractivity contribution in [3.63, 3.8) is 0 Å². The van der Waals surface area contributed by atoms with Crippen LogP contribution < -0.4 is 5.73 Å². The summed E-state index contributed by atoms with van der Waals surface area (Å²) >= 11 is 0. The van der Waals surface area contributed by atoms with Crippen LogP contribution >= 0.6 is 0 Å². The molecule has 1 heterocycles. The summed E-state index contributed by atoms with van der Waals surface area (Å²) in [6, 6.07) is 7.49. The molecular formula is C13H19NO3S. The quantitative estimate of drug-likeness (QED) is 0.850. The van der Waals surface area contributed by atoms with Crippen molar-refractivity contribution in [2.75, 3.05) is 18.1 Å². The van der Waals surface area contributed by atoms with Gasteiger partial charge in [0.05, 0.1) is 17.6 Å². The van der Waals surface area contributed by atoms with Crippen molar-refractivity contribution in [3.05, 3.63) is 35.4 Å². The lowest BCUT2D eigenvalue weighted by molar-refractivity contribution is 0.0472. The smallest absolute Gasteiger partial charge is 0.151 e. The minimum Gasteiger partial charge on any atom is -0.388 e. The van der Waals surface area contributed by atoms with Crippen molar-refractivity contribution in [1.29, 1.82) is 0 Å². The molecular weight excluding hydrogens is 250 g/mol. The van der Waals surface area contributed by atoms with E-state index >= 15 is 0 Å². The molecule has 1 saturated heterocycles. The number of aryl methyl sites for hydroxylation is 1. The molecule has 0 aromatic heterocycles. The van der Waals surface area contributed by atoms with Gasteiger partial charge in [0.1, 0.15) is 0 Å². The molecule has 1 aliphatic rings. The third kappa shape index (κ3) is 2.43. The SMILES string of the molecule is Cc1ccc(C(O)C2(CN)CCS(=O)(=O)C2)cc1. The van der Waals surface area contributed by atoms with Gasteiger partial charge in [0.25, 0.3) is 0 Å². The second-order valence-corrected chi connectivity index (χ2v) is 7.41. The van der Waals surface area contributed by atoms with Gasteiger partial charge < -0.3 is 10.8 Å². The Labute approximate surface area is 108 Å². The number of aliphatic hydroxyl groups excluding tert-OH is 1. The van der Waals surface area contributed by atoms with Crippen LogP contribution in [0.3, 0.4) is 0 Å². The number of rotatable bonds is 3. The molecule has 100 valence electrons. The van der Waals surface area contributed by atoms with Crippen LogP contribution in [0.15, 0.2) is 24.3 Å². The van der Waals surface area contributed by atoms with Crippen molar-refractivity contribution in [1.82, 2.24) is 0 Å². The highest BCUT2D eigenvalue weighted by Crippen LogP contribution is 2.42. The minimum atomic E-state index is -3.07. The highest BCUT2D eigenvalue weighted by atomic mass is 32.2. The van der Waals surface area contributed by atoms with E-state index in [0.29, 0.717) is 6.42 Å². The van der Waals surface area contributed by atoms with Gasteiger partial charge in [0.2, 0.25) is 0 Å². The first-order valence-electron chi connectivity index (χ1n) is 6.04. The third-order valence-electron chi connectivity index (χ3n) is 3.80. The normalized spacial score (nSPS) is 28.2. The van der Waals surface area contributed by atoms with Gasteiger partial charge in [0.15, 0.2) is 9.84 Å². The Kier molecular flexibility index (Phi) is 3.49. The summed E-state index contributed by atoms with van der Waals surface area (Å²) in [5, 5.41) is 10.4. The maximum Gasteiger partial charge on any atom is 0.151 e. The van der Waals surface area contributed by atoms with Gasteiger partial charge in [-0.1, -0.05) is 29.8 Å². The van der Waals surface area contributed by atoms with Crippen LogP contribution in [-0.4, -0.2) is 31.6 Å². The van der Waals surface area contributed by atoms with Gasteiger partial charge in [-0.15, -0.1) is 0 Å². The molecule has 0 saturated carbocycles. The highest BCUT2D eigenvalue weighted by molar-refractivity contribution is 7.91. The van der Waals surface area contributed by atoms with Crippen LogP contribution in [0.25, 0.3) is 0 Å². The van der Waals surface area contributed by atoms with Crippen molar-refractivity contribution in [2.24, 2.45) is 11.1 Å². The summed E-state index contributed by atoms with van der Waals surface area (Å²) < 4.78 is 23.3. The largest absolute Gasteiger partial charge is 0.388 e. The topological polar surface area (TPSA) is 80.4 Å². The molecule has 0 spiro atoms. The number of aliphatic hydroxyl groups is 1. The Hall–Kier alpha value is -0.910. The first-order valence-corrected chi connectivity index (χ1v) is 7.86. The average Bonchev–Trinajstić information content (AvgIpc) is 2.66. The molecule has 4 nitrogen and oxygen atoms in total. The van der Waals surface area contributed by atoms with Crippen LogP contribution in [0.1, 0.15) is 23.7 Å². The molecule has 1 aromatic carbocycles. The van der Waals surface area contributed by atoms with Crippen LogP contribution in [0, 0.1) is 12.3 Å². The molecule has 1 fully saturated rings. The van der Waals surface area contributed by atoms with E-state index in [2.05, 4.69) is 0 Å². The lowest BCUT2D eigenvalue weighted by atomic mass is 9.78. The minimum absolute atomic E-state index is 0.0223. The fourth-order valence-electron chi connectivity index (χ4n) is 2.53. The van der Waals surface area contributed by atoms with Gasteiger partial charge in [-0.2, -0.15) is 0 Å². The molecule has 2 unspecified atom stereocenters. The molecule has 0 bridgehead atoms. The second-order valence-electron chi connectivity index (χ2n) is 5.22. The maximum atomic E-state index is 11.6. The van der Waals surface area contributed by atoms with Crippen molar-refractivity contribution < 1.29 is 13.5 Å². The van der Waals surface area contributed by atoms with Crippen LogP contribution in [-0.2, 0) is 9.84 Å². The summed E-state index contributed by atoms with van der Waals surface area (Å²) in [7, 11) is -3.07. The van der Waals surface area contributed by atoms with E-state index in [-0.39, 0.29) is 18.1 Å². The number of hydrogen-bond donors (Lipinski definition) is 2. The molecule has 0 aliphatic carbocycles. The predicted molar refractivity (Wildman–Crippen MR) is 70.9 cm³/mol. The lowest BCUT2D eigenvalue weighted by Gasteiger charge is -2.32. The maximum absolute atomic E-state index is 11.6. The number of hydrogen-bond acceptors (Lipinski definition) is 4. The van der Waals surface area contributed by atoms with Gasteiger partial charge in [0, 0.05) is 12.0 Å². The highest BCUT2D eigenvalue weighted by Gasteiger charge is 2.46. The molecule has 2 atom stereocenters. The second kappa shape index (κ2) is 4.64. The monoisotopic (exact) mass is 269 g/mol. The summed E-state index contributed by atoms with van der Waals surface area (Å²) in [5.74, 6) is 0.0959. The standard InChI is InChI=1S/C13H19NO3S/c1-10-2-4-11(5-3-10)12(15)13(8-14)6-7-18(16,17)9-13/h2-5,12,15H,6-9,14H2,1H3. The molecule has 3 N–H and O–H groups in total. The van der Waals surface area contributed by atoms with E-state index in [9.17, 15) is 13.5 Å². The summed E-state index contributed by atoms with van der Waals surface area (Å²) in [4.78, 5) is 0. The number of nitrogens with two attached hydrogens (primary N) is 1.